The molecule has 3 aromatic rings. The molecule has 0 spiro atoms. The van der Waals surface area contributed by atoms with E-state index in [0.29, 0.717) is 31.2 Å². The highest BCUT2D eigenvalue weighted by Crippen LogP contribution is 2.30. The fraction of sp³-hybridized carbons (Fsp3) is 0.407. The molecule has 1 aliphatic rings. The van der Waals surface area contributed by atoms with Gasteiger partial charge >= 0.3 is 6.03 Å². The van der Waals surface area contributed by atoms with Crippen molar-refractivity contribution in [3.8, 4) is 0 Å². The summed E-state index contributed by atoms with van der Waals surface area (Å²) in [5.74, 6) is 0.382. The van der Waals surface area contributed by atoms with Crippen molar-refractivity contribution in [2.24, 2.45) is 5.92 Å². The van der Waals surface area contributed by atoms with E-state index in [1.165, 1.54) is 0 Å². The number of aryl methyl sites for hydroxylation is 1. The number of nitrogens with one attached hydrogen (secondary N) is 1. The van der Waals surface area contributed by atoms with Crippen LogP contribution in [0.15, 0.2) is 66.0 Å². The second kappa shape index (κ2) is 10.6. The lowest BCUT2D eigenvalue weighted by Gasteiger charge is -2.25. The summed E-state index contributed by atoms with van der Waals surface area (Å²) in [6.07, 6.45) is 3.84. The monoisotopic (exact) mass is 494 g/mol. The summed E-state index contributed by atoms with van der Waals surface area (Å²) in [5, 5.41) is 3.02. The van der Waals surface area contributed by atoms with Gasteiger partial charge < -0.3 is 14.8 Å². The van der Waals surface area contributed by atoms with E-state index in [1.807, 2.05) is 75.4 Å². The van der Waals surface area contributed by atoms with Crippen molar-refractivity contribution in [1.82, 2.24) is 19.8 Å². The van der Waals surface area contributed by atoms with Gasteiger partial charge in [-0.15, -0.1) is 0 Å². The summed E-state index contributed by atoms with van der Waals surface area (Å²) < 4.78 is 28.9. The van der Waals surface area contributed by atoms with Crippen LogP contribution in [-0.4, -0.2) is 41.5 Å². The summed E-state index contributed by atoms with van der Waals surface area (Å²) in [5.41, 5.74) is 3.37. The van der Waals surface area contributed by atoms with E-state index in [0.717, 1.165) is 29.5 Å². The Morgan fingerprint density at radius 3 is 2.46 bits per heavy atom. The minimum absolute atomic E-state index is 0.0171. The number of benzene rings is 2. The molecule has 1 saturated carbocycles. The molecule has 1 N–H and O–H groups in total. The number of sulfone groups is 1. The summed E-state index contributed by atoms with van der Waals surface area (Å²) >= 11 is 0. The van der Waals surface area contributed by atoms with Crippen LogP contribution in [0, 0.1) is 12.8 Å². The number of imidazole rings is 1. The molecule has 2 aromatic carbocycles. The SMILES string of the molecule is Cc1ccccc1CS(=O)(=O)c1ncc(CN(CC2CC2)C(=O)NC(C)C)n1Cc1ccccc1. The van der Waals surface area contributed by atoms with Gasteiger partial charge in [-0.25, -0.2) is 18.2 Å². The maximum atomic E-state index is 13.6. The fourth-order valence-electron chi connectivity index (χ4n) is 4.11. The van der Waals surface area contributed by atoms with Gasteiger partial charge in [0.1, 0.15) is 0 Å². The average Bonchev–Trinajstić information content (AvgIpc) is 3.54. The Morgan fingerprint density at radius 2 is 1.80 bits per heavy atom. The maximum absolute atomic E-state index is 13.6. The second-order valence-corrected chi connectivity index (χ2v) is 11.6. The molecule has 4 rings (SSSR count). The topological polar surface area (TPSA) is 84.3 Å². The first-order chi connectivity index (χ1) is 16.7. The molecular weight excluding hydrogens is 460 g/mol. The van der Waals surface area contributed by atoms with Gasteiger partial charge in [-0.1, -0.05) is 54.6 Å². The highest BCUT2D eigenvalue weighted by molar-refractivity contribution is 7.90. The van der Waals surface area contributed by atoms with Gasteiger partial charge in [-0.3, -0.25) is 0 Å². The molecule has 186 valence electrons. The number of hydrogen-bond acceptors (Lipinski definition) is 4. The molecule has 0 atom stereocenters. The Kier molecular flexibility index (Phi) is 7.60. The van der Waals surface area contributed by atoms with Crippen LogP contribution in [0.5, 0.6) is 0 Å². The lowest BCUT2D eigenvalue weighted by Crippen LogP contribution is -2.43. The molecule has 0 aliphatic heterocycles. The van der Waals surface area contributed by atoms with Crippen molar-refractivity contribution in [3.63, 3.8) is 0 Å². The number of hydrogen-bond donors (Lipinski definition) is 1. The van der Waals surface area contributed by atoms with Gasteiger partial charge in [0.05, 0.1) is 30.7 Å². The number of amides is 2. The molecule has 0 bridgehead atoms. The highest BCUT2D eigenvalue weighted by Gasteiger charge is 2.30. The van der Waals surface area contributed by atoms with Crippen LogP contribution in [0.1, 0.15) is 49.1 Å². The predicted molar refractivity (Wildman–Crippen MR) is 137 cm³/mol. The largest absolute Gasteiger partial charge is 0.336 e. The molecule has 1 fully saturated rings. The van der Waals surface area contributed by atoms with Crippen LogP contribution in [0.2, 0.25) is 0 Å². The zero-order chi connectivity index (χ0) is 25.0. The maximum Gasteiger partial charge on any atom is 0.317 e. The zero-order valence-corrected chi connectivity index (χ0v) is 21.5. The number of rotatable bonds is 10. The molecule has 0 saturated heterocycles. The molecule has 8 heteroatoms. The van der Waals surface area contributed by atoms with Crippen molar-refractivity contribution in [3.05, 3.63) is 83.2 Å². The van der Waals surface area contributed by atoms with Crippen LogP contribution in [0.25, 0.3) is 0 Å². The number of carbonyl (C=O) groups excluding carboxylic acids is 1. The molecular formula is C27H34N4O3S. The Labute approximate surface area is 208 Å². The first-order valence-corrected chi connectivity index (χ1v) is 13.8. The number of aromatic nitrogens is 2. The summed E-state index contributed by atoms with van der Waals surface area (Å²) in [4.78, 5) is 19.1. The van der Waals surface area contributed by atoms with E-state index in [2.05, 4.69) is 10.3 Å². The average molecular weight is 495 g/mol. The fourth-order valence-corrected chi connectivity index (χ4v) is 5.70. The van der Waals surface area contributed by atoms with Gasteiger partial charge in [0.25, 0.3) is 0 Å². The predicted octanol–water partition coefficient (Wildman–Crippen LogP) is 4.54. The van der Waals surface area contributed by atoms with E-state index < -0.39 is 9.84 Å². The molecule has 35 heavy (non-hydrogen) atoms. The molecule has 1 aromatic heterocycles. The van der Waals surface area contributed by atoms with Crippen LogP contribution in [0.4, 0.5) is 4.79 Å². The molecule has 1 heterocycles. The third kappa shape index (κ3) is 6.51. The van der Waals surface area contributed by atoms with Gasteiger partial charge in [0, 0.05) is 12.6 Å². The van der Waals surface area contributed by atoms with Crippen molar-refractivity contribution in [2.75, 3.05) is 6.54 Å². The quantitative estimate of drug-likeness (QED) is 0.448. The van der Waals surface area contributed by atoms with Crippen molar-refractivity contribution in [1.29, 1.82) is 0 Å². The van der Waals surface area contributed by atoms with Gasteiger partial charge in [-0.2, -0.15) is 0 Å². The summed E-state index contributed by atoms with van der Waals surface area (Å²) in [6, 6.07) is 17.1. The van der Waals surface area contributed by atoms with Crippen LogP contribution >= 0.6 is 0 Å². The molecule has 2 amide bonds. The molecule has 0 radical (unpaired) electrons. The lowest BCUT2D eigenvalue weighted by atomic mass is 10.1. The first kappa shape index (κ1) is 25.0. The van der Waals surface area contributed by atoms with Crippen molar-refractivity contribution < 1.29 is 13.2 Å². The van der Waals surface area contributed by atoms with E-state index in [1.54, 1.807) is 15.7 Å². The molecule has 1 aliphatic carbocycles. The minimum Gasteiger partial charge on any atom is -0.336 e. The first-order valence-electron chi connectivity index (χ1n) is 12.1. The Balaban J connectivity index is 1.69. The third-order valence-electron chi connectivity index (χ3n) is 6.20. The lowest BCUT2D eigenvalue weighted by molar-refractivity contribution is 0.188. The van der Waals surface area contributed by atoms with Gasteiger partial charge in [0.2, 0.25) is 15.0 Å². The summed E-state index contributed by atoms with van der Waals surface area (Å²) in [7, 11) is -3.72. The van der Waals surface area contributed by atoms with Crippen LogP contribution < -0.4 is 5.32 Å². The standard InChI is InChI=1S/C27H34N4O3S/c1-20(2)29-26(32)30(16-23-13-14-23)18-25-15-28-27(31(25)17-22-10-5-4-6-11-22)35(33,34)19-24-12-8-7-9-21(24)3/h4-12,15,20,23H,13-14,16-19H2,1-3H3,(H,29,32). The Bertz CT molecular complexity index is 1260. The van der Waals surface area contributed by atoms with E-state index in [-0.39, 0.29) is 23.0 Å². The Hall–Kier alpha value is -3.13. The molecule has 0 unspecified atom stereocenters. The van der Waals surface area contributed by atoms with Crippen molar-refractivity contribution in [2.45, 2.75) is 63.7 Å². The highest BCUT2D eigenvalue weighted by atomic mass is 32.2. The minimum atomic E-state index is -3.72. The third-order valence-corrected chi connectivity index (χ3v) is 7.77. The van der Waals surface area contributed by atoms with Crippen LogP contribution in [0.3, 0.4) is 0 Å². The normalized spacial score (nSPS) is 13.7. The molecule has 7 nitrogen and oxygen atoms in total. The van der Waals surface area contributed by atoms with E-state index in [9.17, 15) is 13.2 Å². The van der Waals surface area contributed by atoms with Crippen molar-refractivity contribution >= 4 is 15.9 Å². The van der Waals surface area contributed by atoms with Crippen LogP contribution in [-0.2, 0) is 28.7 Å². The van der Waals surface area contributed by atoms with Gasteiger partial charge in [-0.05, 0) is 56.2 Å². The summed E-state index contributed by atoms with van der Waals surface area (Å²) in [6.45, 7) is 7.10. The van der Waals surface area contributed by atoms with Gasteiger partial charge in [0.15, 0.2) is 0 Å². The zero-order valence-electron chi connectivity index (χ0n) is 20.6. The second-order valence-electron chi connectivity index (χ2n) is 9.72. The Morgan fingerprint density at radius 1 is 1.11 bits per heavy atom. The number of urea groups is 1. The number of nitrogens with zero attached hydrogens (tertiary/aromatic N) is 3. The smallest absolute Gasteiger partial charge is 0.317 e. The van der Waals surface area contributed by atoms with E-state index in [4.69, 9.17) is 0 Å². The number of carbonyl (C=O) groups is 1. The van der Waals surface area contributed by atoms with E-state index >= 15 is 0 Å².